The number of aromatic nitrogens is 2. The van der Waals surface area contributed by atoms with Crippen LogP contribution < -0.4 is 10.1 Å². The van der Waals surface area contributed by atoms with Crippen molar-refractivity contribution >= 4 is 5.69 Å². The lowest BCUT2D eigenvalue weighted by molar-refractivity contribution is 0.415. The molecule has 0 bridgehead atoms. The van der Waals surface area contributed by atoms with Gasteiger partial charge >= 0.3 is 0 Å². The van der Waals surface area contributed by atoms with Gasteiger partial charge in [0.15, 0.2) is 0 Å². The van der Waals surface area contributed by atoms with Gasteiger partial charge in [-0.3, -0.25) is 0 Å². The van der Waals surface area contributed by atoms with Crippen molar-refractivity contribution in [2.45, 2.75) is 18.4 Å². The number of nitrogens with zero attached hydrogens (tertiary/aromatic N) is 2. The number of benzene rings is 1. The molecule has 4 nitrogen and oxygen atoms in total. The van der Waals surface area contributed by atoms with Crippen LogP contribution in [0.2, 0.25) is 0 Å². The molecule has 0 amide bonds. The summed E-state index contributed by atoms with van der Waals surface area (Å²) in [4.78, 5) is 8.23. The van der Waals surface area contributed by atoms with Gasteiger partial charge in [0.2, 0.25) is 0 Å². The van der Waals surface area contributed by atoms with Crippen molar-refractivity contribution in [3.8, 4) is 5.75 Å². The van der Waals surface area contributed by atoms with Crippen LogP contribution in [0.15, 0.2) is 42.9 Å². The average Bonchev–Trinajstić information content (AvgIpc) is 3.20. The maximum Gasteiger partial charge on any atom is 0.119 e. The normalized spacial score (nSPS) is 21.4. The Balaban J connectivity index is 1.62. The Kier molecular flexibility index (Phi) is 2.84. The van der Waals surface area contributed by atoms with Gasteiger partial charge in [0.1, 0.15) is 12.1 Å². The maximum atomic E-state index is 5.14. The van der Waals surface area contributed by atoms with Gasteiger partial charge in [-0.15, -0.1) is 0 Å². The molecule has 0 aliphatic heterocycles. The van der Waals surface area contributed by atoms with E-state index in [-0.39, 0.29) is 0 Å². The van der Waals surface area contributed by atoms with Gasteiger partial charge in [0.05, 0.1) is 7.11 Å². The van der Waals surface area contributed by atoms with Crippen LogP contribution in [0.3, 0.4) is 0 Å². The Hall–Kier alpha value is -2.10. The van der Waals surface area contributed by atoms with Crippen molar-refractivity contribution in [3.05, 3.63) is 48.5 Å². The second kappa shape index (κ2) is 4.64. The van der Waals surface area contributed by atoms with Gasteiger partial charge in [-0.1, -0.05) is 0 Å². The number of methoxy groups -OCH3 is 1. The van der Waals surface area contributed by atoms with Crippen LogP contribution in [0, 0.1) is 0 Å². The van der Waals surface area contributed by atoms with E-state index in [4.69, 9.17) is 4.74 Å². The zero-order valence-electron chi connectivity index (χ0n) is 10.2. The van der Waals surface area contributed by atoms with E-state index < -0.39 is 0 Å². The van der Waals surface area contributed by atoms with Crippen molar-refractivity contribution < 1.29 is 4.74 Å². The fraction of sp³-hybridized carbons (Fsp3) is 0.286. The molecular weight excluding hydrogens is 226 g/mol. The Bertz CT molecular complexity index is 512. The third-order valence-electron chi connectivity index (χ3n) is 3.22. The van der Waals surface area contributed by atoms with E-state index in [9.17, 15) is 0 Å². The van der Waals surface area contributed by atoms with Crippen LogP contribution in [0.5, 0.6) is 5.75 Å². The molecule has 2 atom stereocenters. The molecule has 0 saturated heterocycles. The number of ether oxygens (including phenoxy) is 1. The lowest BCUT2D eigenvalue weighted by Crippen LogP contribution is -2.04. The molecule has 0 radical (unpaired) electrons. The molecule has 1 aliphatic carbocycles. The van der Waals surface area contributed by atoms with E-state index >= 15 is 0 Å². The van der Waals surface area contributed by atoms with Gasteiger partial charge in [0, 0.05) is 29.5 Å². The summed E-state index contributed by atoms with van der Waals surface area (Å²) in [5.74, 6) is 1.39. The molecule has 1 aliphatic rings. The molecule has 1 saturated carbocycles. The summed E-state index contributed by atoms with van der Waals surface area (Å²) in [6.07, 6.45) is 4.53. The predicted molar refractivity (Wildman–Crippen MR) is 69.8 cm³/mol. The zero-order valence-corrected chi connectivity index (χ0v) is 10.2. The van der Waals surface area contributed by atoms with E-state index in [1.807, 2.05) is 30.3 Å². The van der Waals surface area contributed by atoms with E-state index in [0.717, 1.165) is 23.6 Å². The topological polar surface area (TPSA) is 47.0 Å². The first-order valence-electron chi connectivity index (χ1n) is 6.03. The molecule has 3 rings (SSSR count). The third kappa shape index (κ3) is 2.27. The van der Waals surface area contributed by atoms with Gasteiger partial charge in [-0.05, 0) is 36.8 Å². The van der Waals surface area contributed by atoms with Crippen molar-refractivity contribution in [2.24, 2.45) is 0 Å². The van der Waals surface area contributed by atoms with Crippen LogP contribution in [-0.4, -0.2) is 23.1 Å². The minimum absolute atomic E-state index is 0.480. The maximum absolute atomic E-state index is 5.14. The molecule has 1 heterocycles. The summed E-state index contributed by atoms with van der Waals surface area (Å²) in [6, 6.07) is 10.5. The fourth-order valence-electron chi connectivity index (χ4n) is 2.10. The molecule has 92 valence electrons. The molecule has 4 heteroatoms. The van der Waals surface area contributed by atoms with Crippen molar-refractivity contribution in [1.82, 2.24) is 9.97 Å². The quantitative estimate of drug-likeness (QED) is 0.893. The standard InChI is InChI=1S/C14H15N3O/c1-18-11-4-2-10(3-5-11)17-14-8-12(14)13-6-7-15-9-16-13/h2-7,9,12,14,17H,8H2,1H3. The van der Waals surface area contributed by atoms with Crippen molar-refractivity contribution in [2.75, 3.05) is 12.4 Å². The molecule has 2 unspecified atom stereocenters. The SMILES string of the molecule is COc1ccc(NC2CC2c2ccncn2)cc1. The van der Waals surface area contributed by atoms with Crippen molar-refractivity contribution in [1.29, 1.82) is 0 Å². The number of nitrogens with one attached hydrogen (secondary N) is 1. The molecule has 1 N–H and O–H groups in total. The monoisotopic (exact) mass is 241 g/mol. The van der Waals surface area contributed by atoms with E-state index in [2.05, 4.69) is 15.3 Å². The highest BCUT2D eigenvalue weighted by atomic mass is 16.5. The van der Waals surface area contributed by atoms with E-state index in [1.54, 1.807) is 19.6 Å². The van der Waals surface area contributed by atoms with Gasteiger partial charge in [0.25, 0.3) is 0 Å². The highest BCUT2D eigenvalue weighted by Crippen LogP contribution is 2.41. The zero-order chi connectivity index (χ0) is 12.4. The first kappa shape index (κ1) is 11.0. The van der Waals surface area contributed by atoms with Crippen LogP contribution in [0.25, 0.3) is 0 Å². The molecular formula is C14H15N3O. The Morgan fingerprint density at radius 3 is 2.72 bits per heavy atom. The Morgan fingerprint density at radius 2 is 2.06 bits per heavy atom. The summed E-state index contributed by atoms with van der Waals surface area (Å²) in [5, 5.41) is 3.50. The number of hydrogen-bond donors (Lipinski definition) is 1. The highest BCUT2D eigenvalue weighted by Gasteiger charge is 2.39. The average molecular weight is 241 g/mol. The molecule has 1 fully saturated rings. The predicted octanol–water partition coefficient (Wildman–Crippen LogP) is 2.45. The lowest BCUT2D eigenvalue weighted by Gasteiger charge is -2.06. The molecule has 1 aromatic heterocycles. The second-order valence-corrected chi connectivity index (χ2v) is 4.46. The Morgan fingerprint density at radius 1 is 1.22 bits per heavy atom. The summed E-state index contributed by atoms with van der Waals surface area (Å²) in [5.41, 5.74) is 2.24. The van der Waals surface area contributed by atoms with E-state index in [1.165, 1.54) is 0 Å². The smallest absolute Gasteiger partial charge is 0.119 e. The highest BCUT2D eigenvalue weighted by molar-refractivity contribution is 5.49. The number of rotatable bonds is 4. The first-order chi connectivity index (χ1) is 8.86. The van der Waals surface area contributed by atoms with Crippen molar-refractivity contribution in [3.63, 3.8) is 0 Å². The lowest BCUT2D eigenvalue weighted by atomic mass is 10.2. The van der Waals surface area contributed by atoms with E-state index in [0.29, 0.717) is 12.0 Å². The summed E-state index contributed by atoms with van der Waals surface area (Å²) < 4.78 is 5.14. The summed E-state index contributed by atoms with van der Waals surface area (Å²) >= 11 is 0. The van der Waals surface area contributed by atoms with Crippen LogP contribution in [-0.2, 0) is 0 Å². The molecule has 18 heavy (non-hydrogen) atoms. The van der Waals surface area contributed by atoms with Gasteiger partial charge in [-0.25, -0.2) is 9.97 Å². The van der Waals surface area contributed by atoms with Gasteiger partial charge in [-0.2, -0.15) is 0 Å². The molecule has 0 spiro atoms. The fourth-order valence-corrected chi connectivity index (χ4v) is 2.10. The van der Waals surface area contributed by atoms with Crippen LogP contribution >= 0.6 is 0 Å². The largest absolute Gasteiger partial charge is 0.497 e. The third-order valence-corrected chi connectivity index (χ3v) is 3.22. The van der Waals surface area contributed by atoms with Crippen LogP contribution in [0.1, 0.15) is 18.0 Å². The van der Waals surface area contributed by atoms with Crippen LogP contribution in [0.4, 0.5) is 5.69 Å². The van der Waals surface area contributed by atoms with Gasteiger partial charge < -0.3 is 10.1 Å². The summed E-state index contributed by atoms with van der Waals surface area (Å²) in [6.45, 7) is 0. The number of anilines is 1. The minimum atomic E-state index is 0.480. The second-order valence-electron chi connectivity index (χ2n) is 4.46. The number of hydrogen-bond acceptors (Lipinski definition) is 4. The first-order valence-corrected chi connectivity index (χ1v) is 6.03. The molecule has 2 aromatic rings. The Labute approximate surface area is 106 Å². The molecule has 1 aromatic carbocycles. The summed E-state index contributed by atoms with van der Waals surface area (Å²) in [7, 11) is 1.68. The minimum Gasteiger partial charge on any atom is -0.497 e.